The maximum atomic E-state index is 7.55. The molecule has 3 N–H and O–H groups in total. The molecule has 0 saturated carbocycles. The highest BCUT2D eigenvalue weighted by atomic mass is 16.5. The molecule has 0 saturated heterocycles. The van der Waals surface area contributed by atoms with Crippen molar-refractivity contribution in [3.8, 4) is 5.75 Å². The second kappa shape index (κ2) is 5.61. The molecule has 1 heterocycles. The average Bonchev–Trinajstić information content (AvgIpc) is 2.45. The SMILES string of the molecule is COc1cccc(N(C)c2cc(C(=N)N)cc(C)n2)c1. The van der Waals surface area contributed by atoms with E-state index in [1.807, 2.05) is 43.1 Å². The van der Waals surface area contributed by atoms with Gasteiger partial charge in [0.2, 0.25) is 0 Å². The summed E-state index contributed by atoms with van der Waals surface area (Å²) < 4.78 is 5.23. The Kier molecular flexibility index (Phi) is 3.89. The summed E-state index contributed by atoms with van der Waals surface area (Å²) >= 11 is 0. The summed E-state index contributed by atoms with van der Waals surface area (Å²) in [6.45, 7) is 1.88. The van der Waals surface area contributed by atoms with E-state index in [1.165, 1.54) is 0 Å². The summed E-state index contributed by atoms with van der Waals surface area (Å²) in [6, 6.07) is 11.3. The molecule has 0 spiro atoms. The van der Waals surface area contributed by atoms with Gasteiger partial charge in [-0.25, -0.2) is 4.98 Å². The third-order valence-electron chi connectivity index (χ3n) is 3.04. The lowest BCUT2D eigenvalue weighted by atomic mass is 10.2. The Balaban J connectivity index is 2.41. The van der Waals surface area contributed by atoms with Gasteiger partial charge in [0.25, 0.3) is 0 Å². The van der Waals surface area contributed by atoms with Gasteiger partial charge in [-0.05, 0) is 31.2 Å². The number of aryl methyl sites for hydroxylation is 1. The van der Waals surface area contributed by atoms with Crippen molar-refractivity contribution >= 4 is 17.3 Å². The van der Waals surface area contributed by atoms with Gasteiger partial charge in [-0.3, -0.25) is 5.41 Å². The maximum Gasteiger partial charge on any atom is 0.133 e. The minimum atomic E-state index is 0.0378. The van der Waals surface area contributed by atoms with Gasteiger partial charge in [-0.2, -0.15) is 0 Å². The number of methoxy groups -OCH3 is 1. The zero-order valence-electron chi connectivity index (χ0n) is 11.8. The molecule has 2 rings (SSSR count). The second-order valence-electron chi connectivity index (χ2n) is 4.53. The van der Waals surface area contributed by atoms with Crippen molar-refractivity contribution in [3.05, 3.63) is 47.7 Å². The molecule has 0 aliphatic rings. The molecule has 0 unspecified atom stereocenters. The van der Waals surface area contributed by atoms with E-state index in [-0.39, 0.29) is 5.84 Å². The third kappa shape index (κ3) is 2.88. The second-order valence-corrected chi connectivity index (χ2v) is 4.53. The summed E-state index contributed by atoms with van der Waals surface area (Å²) in [5, 5.41) is 7.55. The zero-order chi connectivity index (χ0) is 14.7. The summed E-state index contributed by atoms with van der Waals surface area (Å²) in [7, 11) is 3.55. The van der Waals surface area contributed by atoms with Crippen LogP contribution < -0.4 is 15.4 Å². The van der Waals surface area contributed by atoms with Gasteiger partial charge in [0.1, 0.15) is 17.4 Å². The van der Waals surface area contributed by atoms with Crippen molar-refractivity contribution < 1.29 is 4.74 Å². The van der Waals surface area contributed by atoms with Crippen molar-refractivity contribution in [3.63, 3.8) is 0 Å². The molecule has 20 heavy (non-hydrogen) atoms. The first-order valence-corrected chi connectivity index (χ1v) is 6.22. The van der Waals surface area contributed by atoms with Crippen LogP contribution in [0.25, 0.3) is 0 Å². The number of hydrogen-bond acceptors (Lipinski definition) is 4. The summed E-state index contributed by atoms with van der Waals surface area (Å²) in [4.78, 5) is 6.41. The fraction of sp³-hybridized carbons (Fsp3) is 0.200. The van der Waals surface area contributed by atoms with Crippen LogP contribution >= 0.6 is 0 Å². The zero-order valence-corrected chi connectivity index (χ0v) is 11.8. The van der Waals surface area contributed by atoms with Crippen LogP contribution in [-0.2, 0) is 0 Å². The van der Waals surface area contributed by atoms with Gasteiger partial charge in [-0.15, -0.1) is 0 Å². The number of nitrogens with zero attached hydrogens (tertiary/aromatic N) is 2. The van der Waals surface area contributed by atoms with Crippen LogP contribution in [0.15, 0.2) is 36.4 Å². The average molecular weight is 270 g/mol. The number of hydrogen-bond donors (Lipinski definition) is 2. The van der Waals surface area contributed by atoms with Crippen molar-refractivity contribution in [1.29, 1.82) is 5.41 Å². The first-order chi connectivity index (χ1) is 9.51. The van der Waals surface area contributed by atoms with E-state index in [9.17, 15) is 0 Å². The van der Waals surface area contributed by atoms with Gasteiger partial charge >= 0.3 is 0 Å². The van der Waals surface area contributed by atoms with Crippen molar-refractivity contribution in [2.45, 2.75) is 6.92 Å². The number of amidine groups is 1. The lowest BCUT2D eigenvalue weighted by molar-refractivity contribution is 0.415. The number of nitrogen functional groups attached to an aromatic ring is 1. The van der Waals surface area contributed by atoms with E-state index in [1.54, 1.807) is 19.2 Å². The standard InChI is InChI=1S/C15H18N4O/c1-10-7-11(15(16)17)8-14(18-10)19(2)12-5-4-6-13(9-12)20-3/h4-9H,1-3H3,(H3,16,17). The Labute approximate surface area is 118 Å². The number of benzene rings is 1. The summed E-state index contributed by atoms with van der Waals surface area (Å²) in [5.41, 5.74) is 8.00. The van der Waals surface area contributed by atoms with E-state index in [0.29, 0.717) is 5.56 Å². The van der Waals surface area contributed by atoms with E-state index >= 15 is 0 Å². The molecule has 104 valence electrons. The highest BCUT2D eigenvalue weighted by molar-refractivity contribution is 5.95. The molecular formula is C15H18N4O. The van der Waals surface area contributed by atoms with Crippen LogP contribution in [0.5, 0.6) is 5.75 Å². The van der Waals surface area contributed by atoms with Gasteiger partial charge in [0.15, 0.2) is 0 Å². The fourth-order valence-electron chi connectivity index (χ4n) is 1.93. The number of ether oxygens (including phenoxy) is 1. The molecule has 5 heteroatoms. The molecule has 1 aromatic heterocycles. The van der Waals surface area contributed by atoms with Crippen molar-refractivity contribution in [1.82, 2.24) is 4.98 Å². The smallest absolute Gasteiger partial charge is 0.133 e. The molecule has 0 aliphatic heterocycles. The quantitative estimate of drug-likeness (QED) is 0.661. The molecule has 0 amide bonds. The Morgan fingerprint density at radius 2 is 2.05 bits per heavy atom. The maximum absolute atomic E-state index is 7.55. The van der Waals surface area contributed by atoms with Crippen LogP contribution in [0, 0.1) is 12.3 Å². The lowest BCUT2D eigenvalue weighted by Crippen LogP contribution is -2.16. The molecule has 2 aromatic rings. The highest BCUT2D eigenvalue weighted by Crippen LogP contribution is 2.26. The normalized spacial score (nSPS) is 10.2. The van der Waals surface area contributed by atoms with Crippen LogP contribution in [0.1, 0.15) is 11.3 Å². The highest BCUT2D eigenvalue weighted by Gasteiger charge is 2.09. The number of nitrogens with one attached hydrogen (secondary N) is 1. The summed E-state index contributed by atoms with van der Waals surface area (Å²) in [5.74, 6) is 1.56. The largest absolute Gasteiger partial charge is 0.497 e. The topological polar surface area (TPSA) is 75.2 Å². The van der Waals surface area contributed by atoms with E-state index in [4.69, 9.17) is 15.9 Å². The van der Waals surface area contributed by atoms with E-state index < -0.39 is 0 Å². The predicted molar refractivity (Wildman–Crippen MR) is 81.0 cm³/mol. The third-order valence-corrected chi connectivity index (χ3v) is 3.04. The van der Waals surface area contributed by atoms with Gasteiger partial charge in [0, 0.05) is 30.1 Å². The molecule has 0 atom stereocenters. The fourth-order valence-corrected chi connectivity index (χ4v) is 1.93. The number of nitrogens with two attached hydrogens (primary N) is 1. The van der Waals surface area contributed by atoms with E-state index in [2.05, 4.69) is 4.98 Å². The number of aromatic nitrogens is 1. The van der Waals surface area contributed by atoms with Gasteiger partial charge in [0.05, 0.1) is 7.11 Å². The molecule has 0 aliphatic carbocycles. The molecule has 5 nitrogen and oxygen atoms in total. The Bertz CT molecular complexity index is 640. The predicted octanol–water partition coefficient (Wildman–Crippen LogP) is 2.45. The number of rotatable bonds is 4. The monoisotopic (exact) mass is 270 g/mol. The van der Waals surface area contributed by atoms with Crippen molar-refractivity contribution in [2.24, 2.45) is 5.73 Å². The minimum absolute atomic E-state index is 0.0378. The molecule has 0 fully saturated rings. The number of pyridine rings is 1. The van der Waals surface area contributed by atoms with Crippen LogP contribution in [0.3, 0.4) is 0 Å². The summed E-state index contributed by atoms with van der Waals surface area (Å²) in [6.07, 6.45) is 0. The van der Waals surface area contributed by atoms with Crippen molar-refractivity contribution in [2.75, 3.05) is 19.1 Å². The molecule has 0 radical (unpaired) electrons. The van der Waals surface area contributed by atoms with Crippen LogP contribution in [0.4, 0.5) is 11.5 Å². The van der Waals surface area contributed by atoms with Crippen LogP contribution in [-0.4, -0.2) is 25.0 Å². The van der Waals surface area contributed by atoms with E-state index in [0.717, 1.165) is 22.9 Å². The Morgan fingerprint density at radius 1 is 1.30 bits per heavy atom. The molecule has 0 bridgehead atoms. The lowest BCUT2D eigenvalue weighted by Gasteiger charge is -2.20. The van der Waals surface area contributed by atoms with Gasteiger partial charge in [-0.1, -0.05) is 6.07 Å². The molecule has 1 aromatic carbocycles. The van der Waals surface area contributed by atoms with Crippen LogP contribution in [0.2, 0.25) is 0 Å². The number of anilines is 2. The Hall–Kier alpha value is -2.56. The molecular weight excluding hydrogens is 252 g/mol. The minimum Gasteiger partial charge on any atom is -0.497 e. The first kappa shape index (κ1) is 13.9. The van der Waals surface area contributed by atoms with Gasteiger partial charge < -0.3 is 15.4 Å². The first-order valence-electron chi connectivity index (χ1n) is 6.22. The Morgan fingerprint density at radius 3 is 2.70 bits per heavy atom.